The van der Waals surface area contributed by atoms with Crippen LogP contribution in [0.4, 0.5) is 11.8 Å². The van der Waals surface area contributed by atoms with Gasteiger partial charge in [-0.3, -0.25) is 4.98 Å². The third-order valence-electron chi connectivity index (χ3n) is 5.28. The van der Waals surface area contributed by atoms with Crippen molar-refractivity contribution in [2.24, 2.45) is 5.92 Å². The number of unbranched alkanes of at least 4 members (excludes halogenated alkanes) is 1. The maximum Gasteiger partial charge on any atom is 0.227 e. The Kier molecular flexibility index (Phi) is 6.98. The van der Waals surface area contributed by atoms with Gasteiger partial charge in [0.25, 0.3) is 0 Å². The fraction of sp³-hybridized carbons (Fsp3) is 0.571. The van der Waals surface area contributed by atoms with Crippen molar-refractivity contribution in [1.29, 1.82) is 0 Å². The van der Waals surface area contributed by atoms with Crippen LogP contribution in [0.1, 0.15) is 45.4 Å². The Morgan fingerprint density at radius 1 is 1.19 bits per heavy atom. The van der Waals surface area contributed by atoms with E-state index in [1.807, 2.05) is 31.4 Å². The lowest BCUT2D eigenvalue weighted by molar-refractivity contribution is 0.111. The first-order chi connectivity index (χ1) is 13.2. The molecule has 6 heteroatoms. The van der Waals surface area contributed by atoms with Crippen molar-refractivity contribution in [1.82, 2.24) is 15.0 Å². The lowest BCUT2D eigenvalue weighted by Gasteiger charge is -2.26. The highest BCUT2D eigenvalue weighted by atomic mass is 16.3. The second kappa shape index (κ2) is 9.65. The molecule has 2 aromatic heterocycles. The van der Waals surface area contributed by atoms with Gasteiger partial charge in [0.1, 0.15) is 5.82 Å². The molecule has 1 aliphatic carbocycles. The summed E-state index contributed by atoms with van der Waals surface area (Å²) in [6.45, 7) is 3.99. The molecule has 0 bridgehead atoms. The van der Waals surface area contributed by atoms with Crippen LogP contribution < -0.4 is 10.2 Å². The number of aliphatic hydroxyl groups is 1. The van der Waals surface area contributed by atoms with E-state index >= 15 is 0 Å². The van der Waals surface area contributed by atoms with Gasteiger partial charge in [0, 0.05) is 32.5 Å². The topological polar surface area (TPSA) is 74.2 Å². The predicted molar refractivity (Wildman–Crippen MR) is 110 cm³/mol. The highest BCUT2D eigenvalue weighted by Crippen LogP contribution is 2.28. The minimum Gasteiger partial charge on any atom is -0.393 e. The molecule has 2 N–H and O–H groups in total. The van der Waals surface area contributed by atoms with Crippen molar-refractivity contribution < 1.29 is 5.11 Å². The number of aliphatic hydroxyl groups excluding tert-OH is 1. The molecule has 3 rings (SSSR count). The number of nitrogens with zero attached hydrogens (tertiary/aromatic N) is 4. The van der Waals surface area contributed by atoms with Crippen molar-refractivity contribution in [3.8, 4) is 11.3 Å². The normalized spacial score (nSPS) is 19.7. The molecular formula is C21H31N5O. The highest BCUT2D eigenvalue weighted by molar-refractivity contribution is 5.72. The van der Waals surface area contributed by atoms with Crippen molar-refractivity contribution >= 4 is 11.8 Å². The molecule has 2 aromatic rings. The molecule has 146 valence electrons. The van der Waals surface area contributed by atoms with Crippen LogP contribution in [0, 0.1) is 5.92 Å². The van der Waals surface area contributed by atoms with E-state index in [9.17, 15) is 5.11 Å². The highest BCUT2D eigenvalue weighted by Gasteiger charge is 2.20. The zero-order valence-corrected chi connectivity index (χ0v) is 16.4. The van der Waals surface area contributed by atoms with E-state index in [2.05, 4.69) is 27.1 Å². The number of pyridine rings is 1. The zero-order valence-electron chi connectivity index (χ0n) is 16.4. The molecule has 0 amide bonds. The standard InChI is InChI=1S/C21H31N5O/c1-3-4-13-26(2)21-24-15-18(19-7-5-6-12-22-19)20(25-21)23-14-16-8-10-17(27)11-9-16/h5-7,12,15-17,27H,3-4,8-11,13-14H2,1-2H3,(H,23,24,25). The van der Waals surface area contributed by atoms with Gasteiger partial charge in [0.2, 0.25) is 5.95 Å². The summed E-state index contributed by atoms with van der Waals surface area (Å²) in [4.78, 5) is 16.0. The Morgan fingerprint density at radius 2 is 2.00 bits per heavy atom. The smallest absolute Gasteiger partial charge is 0.227 e. The molecule has 1 aliphatic rings. The van der Waals surface area contributed by atoms with Crippen molar-refractivity contribution in [2.75, 3.05) is 30.4 Å². The number of hydrogen-bond donors (Lipinski definition) is 2. The van der Waals surface area contributed by atoms with Crippen LogP contribution in [0.15, 0.2) is 30.6 Å². The molecule has 0 unspecified atom stereocenters. The molecule has 0 atom stereocenters. The molecule has 0 spiro atoms. The second-order valence-electron chi connectivity index (χ2n) is 7.48. The number of anilines is 2. The molecule has 1 fully saturated rings. The molecule has 0 aromatic carbocycles. The average Bonchev–Trinajstić information content (AvgIpc) is 2.72. The summed E-state index contributed by atoms with van der Waals surface area (Å²) in [6, 6.07) is 5.88. The maximum absolute atomic E-state index is 9.72. The summed E-state index contributed by atoms with van der Waals surface area (Å²) in [5, 5.41) is 13.3. The van der Waals surface area contributed by atoms with Gasteiger partial charge in [-0.2, -0.15) is 4.98 Å². The van der Waals surface area contributed by atoms with Crippen molar-refractivity contribution in [3.63, 3.8) is 0 Å². The first kappa shape index (κ1) is 19.5. The van der Waals surface area contributed by atoms with Gasteiger partial charge < -0.3 is 15.3 Å². The third kappa shape index (κ3) is 5.39. The van der Waals surface area contributed by atoms with E-state index in [0.717, 1.165) is 74.6 Å². The molecule has 0 radical (unpaired) electrons. The molecule has 27 heavy (non-hydrogen) atoms. The van der Waals surface area contributed by atoms with E-state index < -0.39 is 0 Å². The minimum absolute atomic E-state index is 0.122. The Morgan fingerprint density at radius 3 is 2.70 bits per heavy atom. The monoisotopic (exact) mass is 369 g/mol. The number of aromatic nitrogens is 3. The first-order valence-electron chi connectivity index (χ1n) is 10.1. The Bertz CT molecular complexity index is 701. The number of nitrogens with one attached hydrogen (secondary N) is 1. The van der Waals surface area contributed by atoms with E-state index in [-0.39, 0.29) is 6.10 Å². The van der Waals surface area contributed by atoms with Crippen LogP contribution in [0.3, 0.4) is 0 Å². The molecular weight excluding hydrogens is 338 g/mol. The van der Waals surface area contributed by atoms with Gasteiger partial charge in [0.05, 0.1) is 17.4 Å². The molecule has 1 saturated carbocycles. The van der Waals surface area contributed by atoms with Gasteiger partial charge >= 0.3 is 0 Å². The van der Waals surface area contributed by atoms with Gasteiger partial charge in [-0.1, -0.05) is 19.4 Å². The van der Waals surface area contributed by atoms with E-state index in [1.54, 1.807) is 6.20 Å². The summed E-state index contributed by atoms with van der Waals surface area (Å²) in [6.07, 6.45) is 9.72. The second-order valence-corrected chi connectivity index (χ2v) is 7.48. The van der Waals surface area contributed by atoms with Crippen molar-refractivity contribution in [2.45, 2.75) is 51.6 Å². The van der Waals surface area contributed by atoms with E-state index in [0.29, 0.717) is 5.92 Å². The van der Waals surface area contributed by atoms with E-state index in [1.165, 1.54) is 0 Å². The fourth-order valence-corrected chi connectivity index (χ4v) is 3.49. The summed E-state index contributed by atoms with van der Waals surface area (Å²) in [5.74, 6) is 2.15. The average molecular weight is 370 g/mol. The lowest BCUT2D eigenvalue weighted by Crippen LogP contribution is -2.25. The number of rotatable bonds is 8. The number of hydrogen-bond acceptors (Lipinski definition) is 6. The molecule has 0 aliphatic heterocycles. The minimum atomic E-state index is -0.122. The SMILES string of the molecule is CCCCN(C)c1ncc(-c2ccccn2)c(NCC2CCC(O)CC2)n1. The Hall–Kier alpha value is -2.21. The summed E-state index contributed by atoms with van der Waals surface area (Å²) >= 11 is 0. The molecule has 6 nitrogen and oxygen atoms in total. The van der Waals surface area contributed by atoms with Gasteiger partial charge in [0.15, 0.2) is 0 Å². The Labute approximate surface area is 162 Å². The lowest BCUT2D eigenvalue weighted by atomic mass is 9.87. The van der Waals surface area contributed by atoms with Gasteiger partial charge in [-0.15, -0.1) is 0 Å². The largest absolute Gasteiger partial charge is 0.393 e. The quantitative estimate of drug-likeness (QED) is 0.738. The van der Waals surface area contributed by atoms with Gasteiger partial charge in [-0.05, 0) is 50.2 Å². The fourth-order valence-electron chi connectivity index (χ4n) is 3.49. The Balaban J connectivity index is 1.78. The zero-order chi connectivity index (χ0) is 19.1. The van der Waals surface area contributed by atoms with Crippen LogP contribution in [-0.2, 0) is 0 Å². The van der Waals surface area contributed by atoms with Crippen LogP contribution >= 0.6 is 0 Å². The molecule has 2 heterocycles. The third-order valence-corrected chi connectivity index (χ3v) is 5.28. The molecule has 0 saturated heterocycles. The van der Waals surface area contributed by atoms with E-state index in [4.69, 9.17) is 4.98 Å². The maximum atomic E-state index is 9.72. The predicted octanol–water partition coefficient (Wildman–Crippen LogP) is 3.74. The van der Waals surface area contributed by atoms with Crippen LogP contribution in [-0.4, -0.2) is 46.3 Å². The van der Waals surface area contributed by atoms with Gasteiger partial charge in [-0.25, -0.2) is 4.98 Å². The summed E-state index contributed by atoms with van der Waals surface area (Å²) in [7, 11) is 2.04. The van der Waals surface area contributed by atoms with Crippen molar-refractivity contribution in [3.05, 3.63) is 30.6 Å². The van der Waals surface area contributed by atoms with Crippen LogP contribution in [0.25, 0.3) is 11.3 Å². The summed E-state index contributed by atoms with van der Waals surface area (Å²) < 4.78 is 0. The van der Waals surface area contributed by atoms with Crippen LogP contribution in [0.2, 0.25) is 0 Å². The van der Waals surface area contributed by atoms with Crippen LogP contribution in [0.5, 0.6) is 0 Å². The summed E-state index contributed by atoms with van der Waals surface area (Å²) in [5.41, 5.74) is 1.81. The first-order valence-corrected chi connectivity index (χ1v) is 10.1.